The van der Waals surface area contributed by atoms with Gasteiger partial charge in [0.2, 0.25) is 0 Å². The molecule has 82 valence electrons. The second-order valence-corrected chi connectivity index (χ2v) is 6.62. The van der Waals surface area contributed by atoms with Crippen LogP contribution in [0.1, 0.15) is 19.3 Å². The Morgan fingerprint density at radius 3 is 2.21 bits per heavy atom. The van der Waals surface area contributed by atoms with Gasteiger partial charge in [-0.25, -0.2) is 8.42 Å². The minimum absolute atomic E-state index is 0.0266. The van der Waals surface area contributed by atoms with E-state index in [1.54, 1.807) is 0 Å². The molecule has 0 aromatic carbocycles. The lowest BCUT2D eigenvalue weighted by molar-refractivity contribution is -0.929. The highest BCUT2D eigenvalue weighted by atomic mass is 32.2. The summed E-state index contributed by atoms with van der Waals surface area (Å²) in [5.41, 5.74) is 0. The maximum atomic E-state index is 11.3. The van der Waals surface area contributed by atoms with Crippen LogP contribution in [0.5, 0.6) is 0 Å². The van der Waals surface area contributed by atoms with Gasteiger partial charge in [-0.05, 0) is 19.3 Å². The molecule has 2 rings (SSSR count). The second-order valence-electron chi connectivity index (χ2n) is 4.47. The Morgan fingerprint density at radius 2 is 1.71 bits per heavy atom. The Balaban J connectivity index is 2.04. The average Bonchev–Trinajstić information content (AvgIpc) is 2.41. The van der Waals surface area contributed by atoms with Crippen molar-refractivity contribution in [1.29, 1.82) is 0 Å². The van der Waals surface area contributed by atoms with Gasteiger partial charge in [-0.2, -0.15) is 0 Å². The van der Waals surface area contributed by atoms with Crippen molar-refractivity contribution in [3.8, 4) is 0 Å². The molecule has 0 amide bonds. The molecule has 2 atom stereocenters. The molecular formula is C9H18NO3S+. The van der Waals surface area contributed by atoms with Crippen LogP contribution in [0.4, 0.5) is 0 Å². The van der Waals surface area contributed by atoms with Gasteiger partial charge in [0.15, 0.2) is 9.84 Å². The standard InChI is InChI=1S/C9H17NO3S/c11-9-7-14(12,13)6-8(9)10-4-2-1-3-5-10/h8-9,11H,1-7H2/p+1/t8-,9-/m1/s1. The first-order valence-electron chi connectivity index (χ1n) is 5.31. The Bertz CT molecular complexity index is 295. The summed E-state index contributed by atoms with van der Waals surface area (Å²) in [5, 5.41) is 9.68. The molecular weight excluding hydrogens is 202 g/mol. The highest BCUT2D eigenvalue weighted by Gasteiger charge is 2.43. The molecule has 0 aromatic rings. The van der Waals surface area contributed by atoms with Crippen LogP contribution in [0.15, 0.2) is 0 Å². The number of likely N-dealkylation sites (tertiary alicyclic amines) is 1. The van der Waals surface area contributed by atoms with Gasteiger partial charge in [0.05, 0.1) is 18.8 Å². The van der Waals surface area contributed by atoms with E-state index in [1.807, 2.05) is 0 Å². The van der Waals surface area contributed by atoms with Gasteiger partial charge in [-0.15, -0.1) is 0 Å². The van der Waals surface area contributed by atoms with E-state index >= 15 is 0 Å². The number of nitrogens with one attached hydrogen (secondary N) is 1. The highest BCUT2D eigenvalue weighted by Crippen LogP contribution is 2.11. The van der Waals surface area contributed by atoms with Crippen molar-refractivity contribution in [2.45, 2.75) is 31.4 Å². The summed E-state index contributed by atoms with van der Waals surface area (Å²) in [6.07, 6.45) is 2.95. The Morgan fingerprint density at radius 1 is 1.07 bits per heavy atom. The summed E-state index contributed by atoms with van der Waals surface area (Å²) < 4.78 is 22.6. The molecule has 0 bridgehead atoms. The molecule has 0 radical (unpaired) electrons. The Labute approximate surface area is 84.8 Å². The van der Waals surface area contributed by atoms with Crippen LogP contribution < -0.4 is 4.90 Å². The molecule has 0 aliphatic carbocycles. The third-order valence-corrected chi connectivity index (χ3v) is 5.06. The van der Waals surface area contributed by atoms with Gasteiger partial charge in [0.1, 0.15) is 17.9 Å². The zero-order valence-corrected chi connectivity index (χ0v) is 9.09. The Kier molecular flexibility index (Phi) is 2.81. The average molecular weight is 220 g/mol. The van der Waals surface area contributed by atoms with E-state index in [0.717, 1.165) is 13.1 Å². The van der Waals surface area contributed by atoms with Crippen LogP contribution in [-0.2, 0) is 9.84 Å². The predicted molar refractivity (Wildman–Crippen MR) is 53.0 cm³/mol. The third-order valence-electron chi connectivity index (χ3n) is 3.34. The number of quaternary nitrogens is 1. The van der Waals surface area contributed by atoms with E-state index in [0.29, 0.717) is 0 Å². The summed E-state index contributed by atoms with van der Waals surface area (Å²) in [5.74, 6) is 0.157. The number of aliphatic hydroxyl groups excluding tert-OH is 1. The van der Waals surface area contributed by atoms with E-state index in [9.17, 15) is 13.5 Å². The topological polar surface area (TPSA) is 58.8 Å². The van der Waals surface area contributed by atoms with E-state index in [1.165, 1.54) is 24.2 Å². The molecule has 2 N–H and O–H groups in total. The molecule has 4 nitrogen and oxygen atoms in total. The van der Waals surface area contributed by atoms with Crippen LogP contribution in [0.25, 0.3) is 0 Å². The fourth-order valence-electron chi connectivity index (χ4n) is 2.60. The first-order chi connectivity index (χ1) is 6.58. The van der Waals surface area contributed by atoms with E-state index in [4.69, 9.17) is 0 Å². The molecule has 2 saturated heterocycles. The molecule has 2 aliphatic heterocycles. The van der Waals surface area contributed by atoms with Gasteiger partial charge in [0, 0.05) is 0 Å². The smallest absolute Gasteiger partial charge is 0.159 e. The molecule has 0 spiro atoms. The molecule has 14 heavy (non-hydrogen) atoms. The van der Waals surface area contributed by atoms with Crippen molar-refractivity contribution in [3.63, 3.8) is 0 Å². The lowest BCUT2D eigenvalue weighted by atomic mass is 10.1. The zero-order chi connectivity index (χ0) is 10.2. The van der Waals surface area contributed by atoms with Gasteiger partial charge in [-0.3, -0.25) is 0 Å². The van der Waals surface area contributed by atoms with Crippen LogP contribution in [0.2, 0.25) is 0 Å². The van der Waals surface area contributed by atoms with Crippen molar-refractivity contribution >= 4 is 9.84 Å². The Hall–Kier alpha value is -0.130. The first-order valence-corrected chi connectivity index (χ1v) is 7.14. The number of hydrogen-bond donors (Lipinski definition) is 2. The summed E-state index contributed by atoms with van der Waals surface area (Å²) in [6, 6.07) is -0.0553. The first kappa shape index (κ1) is 10.4. The van der Waals surface area contributed by atoms with Crippen LogP contribution in [-0.4, -0.2) is 50.3 Å². The summed E-state index contributed by atoms with van der Waals surface area (Å²) >= 11 is 0. The monoisotopic (exact) mass is 220 g/mol. The van der Waals surface area contributed by atoms with E-state index < -0.39 is 15.9 Å². The predicted octanol–water partition coefficient (Wildman–Crippen LogP) is -1.79. The van der Waals surface area contributed by atoms with Crippen LogP contribution in [0, 0.1) is 0 Å². The van der Waals surface area contributed by atoms with Crippen molar-refractivity contribution in [3.05, 3.63) is 0 Å². The molecule has 0 unspecified atom stereocenters. The minimum Gasteiger partial charge on any atom is -0.386 e. The van der Waals surface area contributed by atoms with Crippen LogP contribution >= 0.6 is 0 Å². The quantitative estimate of drug-likeness (QED) is 0.549. The summed E-state index contributed by atoms with van der Waals surface area (Å²) in [4.78, 5) is 1.30. The molecule has 2 aliphatic rings. The number of piperidine rings is 1. The van der Waals surface area contributed by atoms with E-state index in [2.05, 4.69) is 0 Å². The van der Waals surface area contributed by atoms with Crippen molar-refractivity contribution < 1.29 is 18.4 Å². The van der Waals surface area contributed by atoms with Crippen molar-refractivity contribution in [1.82, 2.24) is 0 Å². The van der Waals surface area contributed by atoms with Crippen molar-refractivity contribution in [2.24, 2.45) is 0 Å². The molecule has 2 heterocycles. The van der Waals surface area contributed by atoms with Gasteiger partial charge >= 0.3 is 0 Å². The number of aliphatic hydroxyl groups is 1. The number of rotatable bonds is 1. The number of hydrogen-bond acceptors (Lipinski definition) is 3. The summed E-state index contributed by atoms with van der Waals surface area (Å²) in [7, 11) is -2.96. The minimum atomic E-state index is -2.96. The van der Waals surface area contributed by atoms with E-state index in [-0.39, 0.29) is 17.5 Å². The SMILES string of the molecule is O=S1(=O)C[C@@H](O)[C@H]([NH+]2CCCCC2)C1. The molecule has 5 heteroatoms. The second kappa shape index (κ2) is 3.79. The van der Waals surface area contributed by atoms with Gasteiger partial charge < -0.3 is 10.0 Å². The van der Waals surface area contributed by atoms with Crippen LogP contribution in [0.3, 0.4) is 0 Å². The molecule has 0 saturated carbocycles. The lowest BCUT2D eigenvalue weighted by Crippen LogP contribution is -3.18. The third kappa shape index (κ3) is 2.10. The largest absolute Gasteiger partial charge is 0.386 e. The fraction of sp³-hybridized carbons (Fsp3) is 1.00. The van der Waals surface area contributed by atoms with Crippen molar-refractivity contribution in [2.75, 3.05) is 24.6 Å². The molecule has 2 fully saturated rings. The normalized spacial score (nSPS) is 38.6. The number of sulfone groups is 1. The zero-order valence-electron chi connectivity index (χ0n) is 8.28. The maximum absolute atomic E-state index is 11.3. The maximum Gasteiger partial charge on any atom is 0.159 e. The highest BCUT2D eigenvalue weighted by molar-refractivity contribution is 7.91. The lowest BCUT2D eigenvalue weighted by Gasteiger charge is -2.29. The van der Waals surface area contributed by atoms with Gasteiger partial charge in [0.25, 0.3) is 0 Å². The summed E-state index contributed by atoms with van der Waals surface area (Å²) in [6.45, 7) is 2.05. The fourth-order valence-corrected chi connectivity index (χ4v) is 4.49. The van der Waals surface area contributed by atoms with Gasteiger partial charge in [-0.1, -0.05) is 0 Å². The molecule has 0 aromatic heterocycles.